The summed E-state index contributed by atoms with van der Waals surface area (Å²) in [6, 6.07) is -0.115. The fourth-order valence-corrected chi connectivity index (χ4v) is 3.49. The maximum atomic E-state index is 12.1. The van der Waals surface area contributed by atoms with E-state index in [1.807, 2.05) is 32.4 Å². The molecule has 2 rings (SSSR count). The second-order valence-electron chi connectivity index (χ2n) is 6.72. The van der Waals surface area contributed by atoms with Gasteiger partial charge < -0.3 is 19.9 Å². The highest BCUT2D eigenvalue weighted by Gasteiger charge is 2.20. The first kappa shape index (κ1) is 26.3. The van der Waals surface area contributed by atoms with E-state index >= 15 is 0 Å². The Bertz CT molecular complexity index is 850. The molecule has 0 radical (unpaired) electrons. The number of carbonyl (C=O) groups excluding carboxylic acids is 1. The van der Waals surface area contributed by atoms with Crippen molar-refractivity contribution in [3.8, 4) is 0 Å². The lowest BCUT2D eigenvalue weighted by atomic mass is 10.3. The van der Waals surface area contributed by atoms with Crippen molar-refractivity contribution in [3.05, 3.63) is 27.2 Å². The van der Waals surface area contributed by atoms with Crippen molar-refractivity contribution in [3.63, 3.8) is 0 Å². The maximum absolute atomic E-state index is 12.1. The lowest BCUT2D eigenvalue weighted by Crippen LogP contribution is -2.39. The van der Waals surface area contributed by atoms with Crippen LogP contribution in [-0.4, -0.2) is 44.8 Å². The third kappa shape index (κ3) is 7.18. The van der Waals surface area contributed by atoms with Gasteiger partial charge in [-0.1, -0.05) is 13.3 Å². The number of aryl methyl sites for hydroxylation is 2. The first-order chi connectivity index (χ1) is 13.9. The van der Waals surface area contributed by atoms with Crippen molar-refractivity contribution >= 4 is 47.2 Å². The summed E-state index contributed by atoms with van der Waals surface area (Å²) < 4.78 is 7.03. The Labute approximate surface area is 199 Å². The van der Waals surface area contributed by atoms with Gasteiger partial charge in [0.1, 0.15) is 22.3 Å². The van der Waals surface area contributed by atoms with E-state index in [4.69, 9.17) is 4.74 Å². The van der Waals surface area contributed by atoms with Gasteiger partial charge in [-0.05, 0) is 34.1 Å². The molecule has 0 amide bonds. The number of hydrogen-bond acceptors (Lipinski definition) is 7. The maximum Gasteiger partial charge on any atom is 0.350 e. The molecule has 1 unspecified atom stereocenters. The summed E-state index contributed by atoms with van der Waals surface area (Å²) in [6.07, 6.45) is 2.13. The molecule has 0 fully saturated rings. The number of carbonyl (C=O) groups is 1. The number of hydrogen-bond donors (Lipinski definition) is 2. The van der Waals surface area contributed by atoms with Crippen LogP contribution in [-0.2, 0) is 18.3 Å². The van der Waals surface area contributed by atoms with Crippen molar-refractivity contribution in [1.29, 1.82) is 0 Å². The van der Waals surface area contributed by atoms with Crippen LogP contribution in [0.3, 0.4) is 0 Å². The van der Waals surface area contributed by atoms with Gasteiger partial charge in [0.2, 0.25) is 0 Å². The van der Waals surface area contributed by atoms with Gasteiger partial charge in [-0.15, -0.1) is 45.5 Å². The number of rotatable bonds is 9. The van der Waals surface area contributed by atoms with Gasteiger partial charge in [0.25, 0.3) is 0 Å². The van der Waals surface area contributed by atoms with E-state index in [0.29, 0.717) is 29.7 Å². The summed E-state index contributed by atoms with van der Waals surface area (Å²) in [4.78, 5) is 21.8. The molecule has 0 aliphatic rings. The number of aliphatic imine (C=N–C) groups is 1. The molecule has 0 saturated carbocycles. The molecule has 0 saturated heterocycles. The van der Waals surface area contributed by atoms with Gasteiger partial charge >= 0.3 is 5.97 Å². The molecule has 0 aliphatic carbocycles. The Morgan fingerprint density at radius 3 is 2.63 bits per heavy atom. The zero-order valence-electron chi connectivity index (χ0n) is 18.5. The summed E-state index contributed by atoms with van der Waals surface area (Å²) in [5, 5.41) is 15.8. The molecule has 2 N–H and O–H groups in total. The normalized spacial score (nSPS) is 12.3. The topological polar surface area (TPSA) is 106 Å². The molecular formula is C19H32IN7O2S. The summed E-state index contributed by atoms with van der Waals surface area (Å²) in [6.45, 7) is 11.2. The number of guanidine groups is 1. The Hall–Kier alpha value is -1.76. The minimum Gasteiger partial charge on any atom is -0.462 e. The molecule has 2 aromatic rings. The molecule has 0 spiro atoms. The number of esters is 1. The third-order valence-electron chi connectivity index (χ3n) is 4.38. The predicted octanol–water partition coefficient (Wildman–Crippen LogP) is 3.28. The van der Waals surface area contributed by atoms with E-state index in [2.05, 4.69) is 37.7 Å². The zero-order chi connectivity index (χ0) is 21.4. The van der Waals surface area contributed by atoms with Crippen molar-refractivity contribution in [2.24, 2.45) is 12.0 Å². The van der Waals surface area contributed by atoms with Gasteiger partial charge in [0.15, 0.2) is 11.8 Å². The van der Waals surface area contributed by atoms with Crippen molar-refractivity contribution in [2.75, 3.05) is 13.2 Å². The van der Waals surface area contributed by atoms with E-state index in [-0.39, 0.29) is 36.0 Å². The van der Waals surface area contributed by atoms with Crippen LogP contribution in [0.15, 0.2) is 4.99 Å². The summed E-state index contributed by atoms with van der Waals surface area (Å²) in [5.41, 5.74) is 0.684. The van der Waals surface area contributed by atoms with E-state index < -0.39 is 0 Å². The van der Waals surface area contributed by atoms with Crippen LogP contribution in [0.1, 0.15) is 71.7 Å². The fraction of sp³-hybridized carbons (Fsp3) is 0.632. The molecule has 168 valence electrons. The van der Waals surface area contributed by atoms with Crippen molar-refractivity contribution in [1.82, 2.24) is 30.4 Å². The number of nitrogens with zero attached hydrogens (tertiary/aromatic N) is 5. The molecule has 0 bridgehead atoms. The molecule has 9 nitrogen and oxygen atoms in total. The van der Waals surface area contributed by atoms with Gasteiger partial charge in [0, 0.05) is 13.6 Å². The molecule has 0 aromatic carbocycles. The smallest absolute Gasteiger partial charge is 0.350 e. The SMILES string of the molecule is CCCCNC(=NCc1nnc(C)n1C)NC(C)c1nc(C)c(C(=O)OCC)s1.I. The van der Waals surface area contributed by atoms with Crippen LogP contribution in [0.25, 0.3) is 0 Å². The van der Waals surface area contributed by atoms with E-state index in [9.17, 15) is 4.79 Å². The predicted molar refractivity (Wildman–Crippen MR) is 130 cm³/mol. The summed E-state index contributed by atoms with van der Waals surface area (Å²) in [7, 11) is 1.93. The number of thiazole rings is 1. The van der Waals surface area contributed by atoms with Crippen LogP contribution in [0, 0.1) is 13.8 Å². The Morgan fingerprint density at radius 1 is 1.30 bits per heavy atom. The van der Waals surface area contributed by atoms with Gasteiger partial charge in [-0.3, -0.25) is 0 Å². The average Bonchev–Trinajstić information content (AvgIpc) is 3.23. The second-order valence-corrected chi connectivity index (χ2v) is 7.75. The molecule has 2 heterocycles. The van der Waals surface area contributed by atoms with Gasteiger partial charge in [-0.25, -0.2) is 14.8 Å². The molecule has 30 heavy (non-hydrogen) atoms. The van der Waals surface area contributed by atoms with Gasteiger partial charge in [-0.2, -0.15) is 0 Å². The van der Waals surface area contributed by atoms with Crippen molar-refractivity contribution < 1.29 is 9.53 Å². The first-order valence-corrected chi connectivity index (χ1v) is 10.7. The van der Waals surface area contributed by atoms with Gasteiger partial charge in [0.05, 0.1) is 18.3 Å². The van der Waals surface area contributed by atoms with Crippen LogP contribution in [0.4, 0.5) is 0 Å². The Kier molecular flexibility index (Phi) is 11.2. The van der Waals surface area contributed by atoms with Crippen molar-refractivity contribution in [2.45, 2.75) is 60.0 Å². The highest BCUT2D eigenvalue weighted by Crippen LogP contribution is 2.24. The average molecular weight is 549 g/mol. The largest absolute Gasteiger partial charge is 0.462 e. The molecule has 1 atom stereocenters. The molecule has 2 aromatic heterocycles. The van der Waals surface area contributed by atoms with E-state index in [1.54, 1.807) is 6.92 Å². The summed E-state index contributed by atoms with van der Waals surface area (Å²) >= 11 is 1.35. The van der Waals surface area contributed by atoms with E-state index in [1.165, 1.54) is 11.3 Å². The second kappa shape index (κ2) is 12.8. The minimum atomic E-state index is -0.325. The van der Waals surface area contributed by atoms with Crippen LogP contribution in [0.2, 0.25) is 0 Å². The van der Waals surface area contributed by atoms with Crippen LogP contribution in [0.5, 0.6) is 0 Å². The number of nitrogens with one attached hydrogen (secondary N) is 2. The standard InChI is InChI=1S/C19H31N7O2S.HI/c1-7-9-10-20-19(21-11-15-25-24-14(5)26(15)6)23-13(4)17-22-12(3)16(29-17)18(27)28-8-2;/h13H,7-11H2,1-6H3,(H2,20,21,23);1H. The Morgan fingerprint density at radius 2 is 2.03 bits per heavy atom. The quantitative estimate of drug-likeness (QED) is 0.163. The lowest BCUT2D eigenvalue weighted by Gasteiger charge is -2.16. The van der Waals surface area contributed by atoms with Crippen LogP contribution >= 0.6 is 35.3 Å². The molecular weight excluding hydrogens is 517 g/mol. The minimum absolute atomic E-state index is 0. The number of unbranched alkanes of at least 4 members (excludes halogenated alkanes) is 1. The van der Waals surface area contributed by atoms with Crippen LogP contribution < -0.4 is 10.6 Å². The lowest BCUT2D eigenvalue weighted by molar-refractivity contribution is 0.0531. The Balaban J connectivity index is 0.00000450. The number of ether oxygens (including phenoxy) is 1. The first-order valence-electron chi connectivity index (χ1n) is 9.91. The monoisotopic (exact) mass is 549 g/mol. The highest BCUT2D eigenvalue weighted by molar-refractivity contribution is 14.0. The molecule has 11 heteroatoms. The zero-order valence-corrected chi connectivity index (χ0v) is 21.6. The fourth-order valence-electron chi connectivity index (χ4n) is 2.53. The number of halogens is 1. The highest BCUT2D eigenvalue weighted by atomic mass is 127. The summed E-state index contributed by atoms with van der Waals surface area (Å²) in [5.74, 6) is 1.99. The molecule has 0 aliphatic heterocycles. The van der Waals surface area contributed by atoms with E-state index in [0.717, 1.165) is 36.0 Å². The third-order valence-corrected chi connectivity index (χ3v) is 5.70. The number of aromatic nitrogens is 4.